The third-order valence-electron chi connectivity index (χ3n) is 2.91. The van der Waals surface area contributed by atoms with E-state index in [1.165, 1.54) is 0 Å². The Bertz CT molecular complexity index is 522. The van der Waals surface area contributed by atoms with E-state index in [0.717, 1.165) is 0 Å². The Morgan fingerprint density at radius 2 is 2.33 bits per heavy atom. The highest BCUT2D eigenvalue weighted by atomic mass is 35.5. The average Bonchev–Trinajstić information content (AvgIpc) is 2.83. The van der Waals surface area contributed by atoms with Gasteiger partial charge in [0, 0.05) is 17.9 Å². The fraction of sp³-hybridized carbons (Fsp3) is 0.385. The number of carbonyl (C=O) groups excluding carboxylic acids is 1. The van der Waals surface area contributed by atoms with Crippen LogP contribution in [0.15, 0.2) is 12.1 Å². The molecule has 0 N–H and O–H groups in total. The quantitative estimate of drug-likeness (QED) is 0.785. The number of Topliss-reactive ketones (excluding diaryl/α,β-unsaturated/α-hetero) is 1. The van der Waals surface area contributed by atoms with Gasteiger partial charge in [-0.1, -0.05) is 18.5 Å². The lowest BCUT2D eigenvalue weighted by Crippen LogP contribution is -2.13. The fourth-order valence-corrected chi connectivity index (χ4v) is 2.14. The van der Waals surface area contributed by atoms with Crippen molar-refractivity contribution < 1.29 is 14.3 Å². The van der Waals surface area contributed by atoms with Gasteiger partial charge in [0.05, 0.1) is 11.1 Å². The van der Waals surface area contributed by atoms with Gasteiger partial charge in [-0.25, -0.2) is 0 Å². The maximum Gasteiger partial charge on any atom is 0.231 e. The van der Waals surface area contributed by atoms with Crippen molar-refractivity contribution in [1.82, 2.24) is 0 Å². The van der Waals surface area contributed by atoms with E-state index < -0.39 is 0 Å². The van der Waals surface area contributed by atoms with Crippen LogP contribution in [0.4, 0.5) is 0 Å². The van der Waals surface area contributed by atoms with Crippen molar-refractivity contribution in [1.29, 1.82) is 5.26 Å². The molecule has 94 valence electrons. The molecule has 0 aliphatic carbocycles. The van der Waals surface area contributed by atoms with Crippen molar-refractivity contribution in [2.24, 2.45) is 5.92 Å². The molecule has 1 aromatic carbocycles. The summed E-state index contributed by atoms with van der Waals surface area (Å²) in [5.41, 5.74) is 0.464. The molecule has 0 aromatic heterocycles. The second-order valence-electron chi connectivity index (χ2n) is 4.02. The monoisotopic (exact) mass is 265 g/mol. The number of halogens is 1. The second kappa shape index (κ2) is 5.28. The van der Waals surface area contributed by atoms with Gasteiger partial charge in [-0.05, 0) is 18.6 Å². The molecule has 18 heavy (non-hydrogen) atoms. The molecule has 5 heteroatoms. The van der Waals surface area contributed by atoms with Crippen LogP contribution in [0, 0.1) is 17.2 Å². The molecular weight excluding hydrogens is 254 g/mol. The number of nitrogens with zero attached hydrogens (tertiary/aromatic N) is 1. The van der Waals surface area contributed by atoms with Crippen LogP contribution in [0.3, 0.4) is 0 Å². The third-order valence-corrected chi connectivity index (χ3v) is 3.19. The van der Waals surface area contributed by atoms with E-state index in [-0.39, 0.29) is 24.9 Å². The third kappa shape index (κ3) is 2.27. The van der Waals surface area contributed by atoms with Crippen molar-refractivity contribution in [3.05, 3.63) is 22.7 Å². The lowest BCUT2D eigenvalue weighted by molar-refractivity contribution is 0.0918. The molecular formula is C13H12ClNO3. The van der Waals surface area contributed by atoms with Crippen LogP contribution >= 0.6 is 11.6 Å². The van der Waals surface area contributed by atoms with Gasteiger partial charge < -0.3 is 9.47 Å². The Balaban J connectivity index is 2.32. The molecule has 0 spiro atoms. The average molecular weight is 266 g/mol. The summed E-state index contributed by atoms with van der Waals surface area (Å²) in [6.07, 6.45) is 0.833. The first-order valence-corrected chi connectivity index (χ1v) is 6.05. The number of ether oxygens (including phenoxy) is 2. The van der Waals surface area contributed by atoms with Gasteiger partial charge in [-0.3, -0.25) is 4.79 Å². The minimum absolute atomic E-state index is 0.0840. The van der Waals surface area contributed by atoms with E-state index in [1.54, 1.807) is 12.1 Å². The number of fused-ring (bicyclic) bond motifs is 1. The van der Waals surface area contributed by atoms with E-state index in [9.17, 15) is 4.79 Å². The van der Waals surface area contributed by atoms with Crippen molar-refractivity contribution in [2.75, 3.05) is 6.79 Å². The lowest BCUT2D eigenvalue weighted by atomic mass is 9.93. The number of hydrogen-bond acceptors (Lipinski definition) is 4. The lowest BCUT2D eigenvalue weighted by Gasteiger charge is -2.10. The summed E-state index contributed by atoms with van der Waals surface area (Å²) in [6.45, 7) is 2.00. The van der Waals surface area contributed by atoms with Gasteiger partial charge in [0.1, 0.15) is 0 Å². The summed E-state index contributed by atoms with van der Waals surface area (Å²) in [7, 11) is 0. The van der Waals surface area contributed by atoms with Crippen LogP contribution in [0.2, 0.25) is 5.02 Å². The summed E-state index contributed by atoms with van der Waals surface area (Å²) in [6, 6.07) is 5.22. The van der Waals surface area contributed by atoms with Crippen LogP contribution < -0.4 is 9.47 Å². The molecule has 1 aliphatic heterocycles. The molecule has 0 saturated heterocycles. The molecule has 0 amide bonds. The molecule has 1 aromatic rings. The topological polar surface area (TPSA) is 59.3 Å². The SMILES string of the molecule is CCC(CC#N)C(=O)c1cc(Cl)c2c(c1)OCO2. The molecule has 2 rings (SSSR count). The second-order valence-corrected chi connectivity index (χ2v) is 4.43. The van der Waals surface area contributed by atoms with Gasteiger partial charge in [-0.2, -0.15) is 5.26 Å². The van der Waals surface area contributed by atoms with Crippen LogP contribution in [0.5, 0.6) is 11.5 Å². The van der Waals surface area contributed by atoms with Crippen molar-refractivity contribution in [3.63, 3.8) is 0 Å². The Kier molecular flexibility index (Phi) is 3.73. The maximum atomic E-state index is 12.2. The zero-order valence-corrected chi connectivity index (χ0v) is 10.7. The number of benzene rings is 1. The minimum Gasteiger partial charge on any atom is -0.454 e. The first kappa shape index (κ1) is 12.7. The molecule has 0 radical (unpaired) electrons. The van der Waals surface area contributed by atoms with E-state index in [4.69, 9.17) is 26.3 Å². The smallest absolute Gasteiger partial charge is 0.231 e. The molecule has 4 nitrogen and oxygen atoms in total. The standard InChI is InChI=1S/C13H12ClNO3/c1-2-8(3-4-15)12(16)9-5-10(14)13-11(6-9)17-7-18-13/h5-6,8H,2-3,7H2,1H3. The van der Waals surface area contributed by atoms with Gasteiger partial charge in [0.15, 0.2) is 17.3 Å². The van der Waals surface area contributed by atoms with Crippen molar-refractivity contribution in [3.8, 4) is 17.6 Å². The highest BCUT2D eigenvalue weighted by Gasteiger charge is 2.24. The zero-order chi connectivity index (χ0) is 13.1. The number of ketones is 1. The summed E-state index contributed by atoms with van der Waals surface area (Å²) >= 11 is 6.02. The number of hydrogen-bond donors (Lipinski definition) is 0. The molecule has 0 bridgehead atoms. The zero-order valence-electron chi connectivity index (χ0n) is 9.90. The largest absolute Gasteiger partial charge is 0.454 e. The van der Waals surface area contributed by atoms with E-state index in [0.29, 0.717) is 28.5 Å². The van der Waals surface area contributed by atoms with E-state index in [2.05, 4.69) is 0 Å². The molecule has 1 heterocycles. The normalized spacial score (nSPS) is 14.1. The molecule has 0 fully saturated rings. The summed E-state index contributed by atoms with van der Waals surface area (Å²) < 4.78 is 10.4. The predicted molar refractivity (Wildman–Crippen MR) is 65.9 cm³/mol. The fourth-order valence-electron chi connectivity index (χ4n) is 1.88. The Hall–Kier alpha value is -1.73. The van der Waals surface area contributed by atoms with E-state index in [1.807, 2.05) is 13.0 Å². The Morgan fingerprint density at radius 1 is 1.56 bits per heavy atom. The van der Waals surface area contributed by atoms with Crippen LogP contribution in [-0.2, 0) is 0 Å². The first-order valence-electron chi connectivity index (χ1n) is 5.67. The number of nitriles is 1. The number of carbonyl (C=O) groups is 1. The van der Waals surface area contributed by atoms with Crippen LogP contribution in [0.1, 0.15) is 30.1 Å². The highest BCUT2D eigenvalue weighted by Crippen LogP contribution is 2.40. The maximum absolute atomic E-state index is 12.2. The Labute approximate surface area is 110 Å². The van der Waals surface area contributed by atoms with Gasteiger partial charge in [0.25, 0.3) is 0 Å². The molecule has 1 unspecified atom stereocenters. The predicted octanol–water partition coefficient (Wildman–Crippen LogP) is 3.19. The van der Waals surface area contributed by atoms with Gasteiger partial charge in [0.2, 0.25) is 6.79 Å². The summed E-state index contributed by atoms with van der Waals surface area (Å²) in [5, 5.41) is 9.06. The minimum atomic E-state index is -0.300. The highest BCUT2D eigenvalue weighted by molar-refractivity contribution is 6.32. The van der Waals surface area contributed by atoms with Crippen LogP contribution in [-0.4, -0.2) is 12.6 Å². The first-order chi connectivity index (χ1) is 8.67. The molecule has 1 atom stereocenters. The molecule has 1 aliphatic rings. The van der Waals surface area contributed by atoms with E-state index >= 15 is 0 Å². The van der Waals surface area contributed by atoms with Crippen molar-refractivity contribution in [2.45, 2.75) is 19.8 Å². The summed E-state index contributed by atoms with van der Waals surface area (Å²) in [5.74, 6) is 0.574. The van der Waals surface area contributed by atoms with Gasteiger partial charge in [-0.15, -0.1) is 0 Å². The van der Waals surface area contributed by atoms with Gasteiger partial charge >= 0.3 is 0 Å². The molecule has 0 saturated carbocycles. The Morgan fingerprint density at radius 3 is 3.00 bits per heavy atom. The summed E-state index contributed by atoms with van der Waals surface area (Å²) in [4.78, 5) is 12.2. The van der Waals surface area contributed by atoms with Crippen LogP contribution in [0.25, 0.3) is 0 Å². The van der Waals surface area contributed by atoms with Crippen molar-refractivity contribution >= 4 is 17.4 Å². The number of rotatable bonds is 4.